The molecular formula is C14H22N4O3S. The van der Waals surface area contributed by atoms with Crippen LogP contribution in [0.1, 0.15) is 31.5 Å². The fourth-order valence-electron chi connectivity index (χ4n) is 2.96. The topological polar surface area (TPSA) is 75.6 Å². The molecule has 2 aliphatic heterocycles. The zero-order chi connectivity index (χ0) is 15.6. The molecule has 22 heavy (non-hydrogen) atoms. The highest BCUT2D eigenvalue weighted by Gasteiger charge is 2.35. The van der Waals surface area contributed by atoms with Gasteiger partial charge in [0.15, 0.2) is 0 Å². The first kappa shape index (κ1) is 15.6. The van der Waals surface area contributed by atoms with E-state index in [1.807, 2.05) is 0 Å². The number of aryl methyl sites for hydroxylation is 1. The van der Waals surface area contributed by atoms with Crippen LogP contribution in [-0.4, -0.2) is 59.3 Å². The van der Waals surface area contributed by atoms with Gasteiger partial charge in [-0.05, 0) is 32.6 Å². The maximum Gasteiger partial charge on any atom is 0.282 e. The van der Waals surface area contributed by atoms with E-state index in [9.17, 15) is 8.42 Å². The highest BCUT2D eigenvalue weighted by atomic mass is 32.2. The standard InChI is InChI=1S/C14H22N4O3S/c1-12-15-7-6-14(16-12)21-13-5-4-10-18(11-13)22(19,20)17-8-2-3-9-17/h6-7,13H,2-5,8-11H2,1H3. The van der Waals surface area contributed by atoms with E-state index in [0.29, 0.717) is 37.9 Å². The van der Waals surface area contributed by atoms with E-state index in [1.165, 1.54) is 0 Å². The van der Waals surface area contributed by atoms with Crippen LogP contribution in [0.5, 0.6) is 5.88 Å². The summed E-state index contributed by atoms with van der Waals surface area (Å²) in [6, 6.07) is 1.71. The highest BCUT2D eigenvalue weighted by molar-refractivity contribution is 7.86. The van der Waals surface area contributed by atoms with Gasteiger partial charge in [-0.15, -0.1) is 0 Å². The monoisotopic (exact) mass is 326 g/mol. The summed E-state index contributed by atoms with van der Waals surface area (Å²) in [5, 5.41) is 0. The van der Waals surface area contributed by atoms with Crippen LogP contribution in [0.3, 0.4) is 0 Å². The Hall–Kier alpha value is -1.25. The zero-order valence-electron chi connectivity index (χ0n) is 12.8. The smallest absolute Gasteiger partial charge is 0.282 e. The van der Waals surface area contributed by atoms with Gasteiger partial charge in [0.2, 0.25) is 5.88 Å². The second kappa shape index (κ2) is 6.47. The van der Waals surface area contributed by atoms with Crippen LogP contribution in [0.2, 0.25) is 0 Å². The third-order valence-electron chi connectivity index (χ3n) is 4.10. The molecule has 0 radical (unpaired) electrons. The predicted octanol–water partition coefficient (Wildman–Crippen LogP) is 0.969. The minimum absolute atomic E-state index is 0.152. The van der Waals surface area contributed by atoms with Gasteiger partial charge in [-0.1, -0.05) is 0 Å². The molecule has 122 valence electrons. The van der Waals surface area contributed by atoms with E-state index in [1.54, 1.807) is 27.8 Å². The summed E-state index contributed by atoms with van der Waals surface area (Å²) in [6.45, 7) is 4.03. The van der Waals surface area contributed by atoms with Gasteiger partial charge in [-0.2, -0.15) is 22.0 Å². The normalized spacial score (nSPS) is 24.5. The van der Waals surface area contributed by atoms with E-state index >= 15 is 0 Å². The van der Waals surface area contributed by atoms with Crippen molar-refractivity contribution in [2.45, 2.75) is 38.7 Å². The number of nitrogens with zero attached hydrogens (tertiary/aromatic N) is 4. The molecule has 1 atom stereocenters. The quantitative estimate of drug-likeness (QED) is 0.824. The first-order valence-corrected chi connectivity index (χ1v) is 9.17. The third-order valence-corrected chi connectivity index (χ3v) is 6.10. The van der Waals surface area contributed by atoms with Crippen LogP contribution in [0, 0.1) is 6.92 Å². The van der Waals surface area contributed by atoms with Crippen LogP contribution in [0.4, 0.5) is 0 Å². The predicted molar refractivity (Wildman–Crippen MR) is 81.7 cm³/mol. The van der Waals surface area contributed by atoms with E-state index in [4.69, 9.17) is 4.74 Å². The lowest BCUT2D eigenvalue weighted by Crippen LogP contribution is -2.49. The molecule has 0 N–H and O–H groups in total. The number of piperidine rings is 1. The largest absolute Gasteiger partial charge is 0.473 e. The second-order valence-electron chi connectivity index (χ2n) is 5.80. The Morgan fingerprint density at radius 2 is 1.91 bits per heavy atom. The molecule has 8 heteroatoms. The van der Waals surface area contributed by atoms with Gasteiger partial charge in [0.1, 0.15) is 11.9 Å². The second-order valence-corrected chi connectivity index (χ2v) is 7.72. The van der Waals surface area contributed by atoms with E-state index in [-0.39, 0.29) is 6.10 Å². The van der Waals surface area contributed by atoms with Gasteiger partial charge in [-0.25, -0.2) is 4.98 Å². The molecule has 1 aromatic heterocycles. The number of ether oxygens (including phenoxy) is 1. The number of aromatic nitrogens is 2. The number of rotatable bonds is 4. The summed E-state index contributed by atoms with van der Waals surface area (Å²) in [6.07, 6.45) is 5.05. The van der Waals surface area contributed by atoms with Gasteiger partial charge < -0.3 is 4.74 Å². The van der Waals surface area contributed by atoms with Crippen LogP contribution < -0.4 is 4.74 Å². The summed E-state index contributed by atoms with van der Waals surface area (Å²) in [7, 11) is -3.34. The van der Waals surface area contributed by atoms with Crippen molar-refractivity contribution in [1.29, 1.82) is 0 Å². The molecule has 3 heterocycles. The molecule has 0 bridgehead atoms. The van der Waals surface area contributed by atoms with Crippen LogP contribution in [0.15, 0.2) is 12.3 Å². The summed E-state index contributed by atoms with van der Waals surface area (Å²) in [5.74, 6) is 1.16. The van der Waals surface area contributed by atoms with Crippen molar-refractivity contribution in [2.75, 3.05) is 26.2 Å². The van der Waals surface area contributed by atoms with Gasteiger partial charge in [0.25, 0.3) is 10.2 Å². The average Bonchev–Trinajstić information content (AvgIpc) is 3.02. The first-order valence-electron chi connectivity index (χ1n) is 7.77. The Bertz CT molecular complexity index is 616. The van der Waals surface area contributed by atoms with E-state index < -0.39 is 10.2 Å². The highest BCUT2D eigenvalue weighted by Crippen LogP contribution is 2.22. The van der Waals surface area contributed by atoms with Gasteiger partial charge >= 0.3 is 0 Å². The molecule has 2 fully saturated rings. The Balaban J connectivity index is 1.66. The molecule has 0 saturated carbocycles. The lowest BCUT2D eigenvalue weighted by atomic mass is 10.1. The van der Waals surface area contributed by atoms with Crippen molar-refractivity contribution in [3.8, 4) is 5.88 Å². The third kappa shape index (κ3) is 3.39. The van der Waals surface area contributed by atoms with Crippen LogP contribution in [-0.2, 0) is 10.2 Å². The Morgan fingerprint density at radius 1 is 1.18 bits per heavy atom. The van der Waals surface area contributed by atoms with E-state index in [0.717, 1.165) is 25.7 Å². The first-order chi connectivity index (χ1) is 10.6. The molecule has 2 aliphatic rings. The minimum atomic E-state index is -3.34. The Morgan fingerprint density at radius 3 is 2.64 bits per heavy atom. The lowest BCUT2D eigenvalue weighted by molar-refractivity contribution is 0.121. The summed E-state index contributed by atoms with van der Waals surface area (Å²) >= 11 is 0. The fraction of sp³-hybridized carbons (Fsp3) is 0.714. The summed E-state index contributed by atoms with van der Waals surface area (Å²) in [4.78, 5) is 8.26. The van der Waals surface area contributed by atoms with Crippen molar-refractivity contribution < 1.29 is 13.2 Å². The van der Waals surface area contributed by atoms with Crippen molar-refractivity contribution in [3.05, 3.63) is 18.1 Å². The molecule has 0 spiro atoms. The molecular weight excluding hydrogens is 304 g/mol. The average molecular weight is 326 g/mol. The van der Waals surface area contributed by atoms with Gasteiger partial charge in [0.05, 0.1) is 6.54 Å². The minimum Gasteiger partial charge on any atom is -0.473 e. The molecule has 2 saturated heterocycles. The van der Waals surface area contributed by atoms with Crippen molar-refractivity contribution in [2.24, 2.45) is 0 Å². The van der Waals surface area contributed by atoms with Crippen LogP contribution in [0.25, 0.3) is 0 Å². The van der Waals surface area contributed by atoms with Crippen molar-refractivity contribution in [3.63, 3.8) is 0 Å². The number of hydrogen-bond acceptors (Lipinski definition) is 5. The molecule has 0 aliphatic carbocycles. The maximum absolute atomic E-state index is 12.6. The Kier molecular flexibility index (Phi) is 4.60. The summed E-state index contributed by atoms with van der Waals surface area (Å²) in [5.41, 5.74) is 0. The number of hydrogen-bond donors (Lipinski definition) is 0. The molecule has 0 aromatic carbocycles. The fourth-order valence-corrected chi connectivity index (χ4v) is 4.72. The molecule has 7 nitrogen and oxygen atoms in total. The van der Waals surface area contributed by atoms with Crippen molar-refractivity contribution in [1.82, 2.24) is 18.6 Å². The molecule has 1 aromatic rings. The SMILES string of the molecule is Cc1nccc(OC2CCCN(S(=O)(=O)N3CCCC3)C2)n1. The summed E-state index contributed by atoms with van der Waals surface area (Å²) < 4.78 is 34.2. The van der Waals surface area contributed by atoms with Crippen LogP contribution >= 0.6 is 0 Å². The maximum atomic E-state index is 12.6. The van der Waals surface area contributed by atoms with Gasteiger partial charge in [-0.3, -0.25) is 0 Å². The Labute approximate surface area is 131 Å². The molecule has 0 amide bonds. The van der Waals surface area contributed by atoms with Gasteiger partial charge in [0, 0.05) is 31.9 Å². The molecule has 1 unspecified atom stereocenters. The van der Waals surface area contributed by atoms with E-state index in [2.05, 4.69) is 9.97 Å². The zero-order valence-corrected chi connectivity index (χ0v) is 13.6. The lowest BCUT2D eigenvalue weighted by Gasteiger charge is -2.34. The molecule has 3 rings (SSSR count). The van der Waals surface area contributed by atoms with Crippen molar-refractivity contribution >= 4 is 10.2 Å².